The lowest BCUT2D eigenvalue weighted by molar-refractivity contribution is 0.108. The summed E-state index contributed by atoms with van der Waals surface area (Å²) < 4.78 is 10.8. The van der Waals surface area contributed by atoms with Crippen LogP contribution in [0.4, 0.5) is 0 Å². The number of ether oxygens (including phenoxy) is 2. The highest BCUT2D eigenvalue weighted by atomic mass is 35.5. The van der Waals surface area contributed by atoms with Crippen LogP contribution in [-0.4, -0.2) is 19.0 Å². The van der Waals surface area contributed by atoms with Gasteiger partial charge in [0.25, 0.3) is 5.24 Å². The summed E-state index contributed by atoms with van der Waals surface area (Å²) in [6.45, 7) is 2.83. The Kier molecular flexibility index (Phi) is 6.58. The fourth-order valence-corrected chi connectivity index (χ4v) is 1.74. The van der Waals surface area contributed by atoms with Crippen molar-refractivity contribution in [3.05, 3.63) is 23.8 Å². The van der Waals surface area contributed by atoms with E-state index in [2.05, 4.69) is 6.92 Å². The molecule has 0 unspecified atom stereocenters. The lowest BCUT2D eigenvalue weighted by atomic mass is 10.2. The van der Waals surface area contributed by atoms with E-state index < -0.39 is 5.24 Å². The molecule has 0 aliphatic carbocycles. The molecule has 1 aromatic carbocycles. The summed E-state index contributed by atoms with van der Waals surface area (Å²) in [6, 6.07) is 4.95. The molecule has 0 radical (unpaired) electrons. The molecule has 0 aliphatic rings. The maximum Gasteiger partial charge on any atom is 0.252 e. The summed E-state index contributed by atoms with van der Waals surface area (Å²) in [5.41, 5.74) is 0.409. The van der Waals surface area contributed by atoms with Crippen LogP contribution < -0.4 is 9.47 Å². The Morgan fingerprint density at radius 3 is 2.61 bits per heavy atom. The van der Waals surface area contributed by atoms with Gasteiger partial charge in [0.05, 0.1) is 13.7 Å². The lowest BCUT2D eigenvalue weighted by Gasteiger charge is -2.11. The minimum atomic E-state index is -0.497. The van der Waals surface area contributed by atoms with Crippen molar-refractivity contribution in [2.75, 3.05) is 13.7 Å². The average molecular weight is 271 g/mol. The molecule has 0 saturated heterocycles. The quantitative estimate of drug-likeness (QED) is 0.528. The van der Waals surface area contributed by atoms with Gasteiger partial charge in [-0.05, 0) is 36.2 Å². The maximum atomic E-state index is 11.0. The lowest BCUT2D eigenvalue weighted by Crippen LogP contribution is -2.00. The Bertz CT molecular complexity index is 391. The Hall–Kier alpha value is -1.22. The van der Waals surface area contributed by atoms with Crippen molar-refractivity contribution in [1.82, 2.24) is 0 Å². The molecule has 0 bridgehead atoms. The van der Waals surface area contributed by atoms with E-state index in [1.165, 1.54) is 12.8 Å². The van der Waals surface area contributed by atoms with Gasteiger partial charge in [0.1, 0.15) is 0 Å². The minimum absolute atomic E-state index is 0.409. The second-order valence-corrected chi connectivity index (χ2v) is 4.39. The summed E-state index contributed by atoms with van der Waals surface area (Å²) in [5.74, 6) is 1.19. The highest BCUT2D eigenvalue weighted by Gasteiger charge is 2.09. The Labute approximate surface area is 113 Å². The van der Waals surface area contributed by atoms with Crippen LogP contribution in [0.15, 0.2) is 18.2 Å². The normalized spacial score (nSPS) is 10.2. The van der Waals surface area contributed by atoms with Gasteiger partial charge in [-0.1, -0.05) is 26.2 Å². The van der Waals surface area contributed by atoms with Crippen molar-refractivity contribution < 1.29 is 14.3 Å². The average Bonchev–Trinajstić information content (AvgIpc) is 2.38. The van der Waals surface area contributed by atoms with Gasteiger partial charge >= 0.3 is 0 Å². The van der Waals surface area contributed by atoms with Crippen molar-refractivity contribution in [2.24, 2.45) is 0 Å². The van der Waals surface area contributed by atoms with Crippen molar-refractivity contribution in [1.29, 1.82) is 0 Å². The first-order valence-electron chi connectivity index (χ1n) is 6.19. The first-order valence-corrected chi connectivity index (χ1v) is 6.57. The molecule has 0 aliphatic heterocycles. The van der Waals surface area contributed by atoms with Gasteiger partial charge in [-0.2, -0.15) is 0 Å². The van der Waals surface area contributed by atoms with E-state index in [9.17, 15) is 4.79 Å². The van der Waals surface area contributed by atoms with Crippen LogP contribution in [0, 0.1) is 0 Å². The molecular formula is C14H19ClO3. The predicted octanol–water partition coefficient (Wildman–Crippen LogP) is 4.03. The van der Waals surface area contributed by atoms with E-state index in [4.69, 9.17) is 21.1 Å². The smallest absolute Gasteiger partial charge is 0.252 e. The van der Waals surface area contributed by atoms with Gasteiger partial charge in [0.2, 0.25) is 0 Å². The summed E-state index contributed by atoms with van der Waals surface area (Å²) in [5, 5.41) is -0.497. The molecule has 18 heavy (non-hydrogen) atoms. The molecule has 3 nitrogen and oxygen atoms in total. The van der Waals surface area contributed by atoms with Gasteiger partial charge in [-0.3, -0.25) is 4.79 Å². The summed E-state index contributed by atoms with van der Waals surface area (Å²) >= 11 is 5.41. The van der Waals surface area contributed by atoms with Crippen LogP contribution in [0.3, 0.4) is 0 Å². The molecule has 0 heterocycles. The van der Waals surface area contributed by atoms with Crippen LogP contribution in [0.5, 0.6) is 11.5 Å². The number of benzene rings is 1. The number of halogens is 1. The molecule has 0 spiro atoms. The van der Waals surface area contributed by atoms with Gasteiger partial charge in [-0.25, -0.2) is 0 Å². The molecule has 0 saturated carbocycles. The third-order valence-corrected chi connectivity index (χ3v) is 2.86. The zero-order valence-corrected chi connectivity index (χ0v) is 11.6. The topological polar surface area (TPSA) is 35.5 Å². The fraction of sp³-hybridized carbons (Fsp3) is 0.500. The predicted molar refractivity (Wildman–Crippen MR) is 72.8 cm³/mol. The zero-order valence-electron chi connectivity index (χ0n) is 10.9. The molecular weight excluding hydrogens is 252 g/mol. The van der Waals surface area contributed by atoms with Gasteiger partial charge in [0, 0.05) is 5.56 Å². The number of rotatable bonds is 8. The van der Waals surface area contributed by atoms with Gasteiger partial charge < -0.3 is 9.47 Å². The van der Waals surface area contributed by atoms with Crippen LogP contribution in [0.1, 0.15) is 43.0 Å². The summed E-state index contributed by atoms with van der Waals surface area (Å²) in [4.78, 5) is 11.0. The molecule has 0 aromatic heterocycles. The highest BCUT2D eigenvalue weighted by Crippen LogP contribution is 2.28. The van der Waals surface area contributed by atoms with Crippen molar-refractivity contribution in [3.63, 3.8) is 0 Å². The third-order valence-electron chi connectivity index (χ3n) is 2.65. The standard InChI is InChI=1S/C14H19ClO3/c1-3-4-5-6-9-18-12-8-7-11(14(15)16)10-13(12)17-2/h7-8,10H,3-6,9H2,1-2H3. The van der Waals surface area contributed by atoms with E-state index >= 15 is 0 Å². The molecule has 0 fully saturated rings. The molecule has 0 amide bonds. The van der Waals surface area contributed by atoms with Crippen molar-refractivity contribution >= 4 is 16.8 Å². The first-order chi connectivity index (χ1) is 8.69. The van der Waals surface area contributed by atoms with Gasteiger partial charge in [-0.15, -0.1) is 0 Å². The molecule has 0 atom stereocenters. The number of methoxy groups -OCH3 is 1. The zero-order chi connectivity index (χ0) is 13.4. The van der Waals surface area contributed by atoms with E-state index in [0.717, 1.165) is 12.8 Å². The Morgan fingerprint density at radius 2 is 2.00 bits per heavy atom. The molecule has 4 heteroatoms. The third kappa shape index (κ3) is 4.57. The van der Waals surface area contributed by atoms with E-state index in [1.807, 2.05) is 0 Å². The van der Waals surface area contributed by atoms with Crippen LogP contribution >= 0.6 is 11.6 Å². The van der Waals surface area contributed by atoms with Gasteiger partial charge in [0.15, 0.2) is 11.5 Å². The number of hydrogen-bond donors (Lipinski definition) is 0. The molecule has 100 valence electrons. The number of hydrogen-bond acceptors (Lipinski definition) is 3. The second kappa shape index (κ2) is 7.98. The number of unbranched alkanes of at least 4 members (excludes halogenated alkanes) is 3. The molecule has 0 N–H and O–H groups in total. The maximum absolute atomic E-state index is 11.0. The first kappa shape index (κ1) is 14.8. The second-order valence-electron chi connectivity index (χ2n) is 4.05. The summed E-state index contributed by atoms with van der Waals surface area (Å²) in [6.07, 6.45) is 4.61. The number of carbonyl (C=O) groups excluding carboxylic acids is 1. The van der Waals surface area contributed by atoms with Crippen LogP contribution in [0.2, 0.25) is 0 Å². The van der Waals surface area contributed by atoms with Crippen LogP contribution in [0.25, 0.3) is 0 Å². The SMILES string of the molecule is CCCCCCOc1ccc(C(=O)Cl)cc1OC. The Balaban J connectivity index is 2.57. The summed E-state index contributed by atoms with van der Waals surface area (Å²) in [7, 11) is 1.54. The largest absolute Gasteiger partial charge is 0.493 e. The van der Waals surface area contributed by atoms with E-state index in [0.29, 0.717) is 23.7 Å². The van der Waals surface area contributed by atoms with Crippen LogP contribution in [-0.2, 0) is 0 Å². The fourth-order valence-electron chi connectivity index (χ4n) is 1.62. The monoisotopic (exact) mass is 270 g/mol. The van der Waals surface area contributed by atoms with E-state index in [-0.39, 0.29) is 0 Å². The van der Waals surface area contributed by atoms with Crippen molar-refractivity contribution in [2.45, 2.75) is 32.6 Å². The molecule has 1 aromatic rings. The van der Waals surface area contributed by atoms with E-state index in [1.54, 1.807) is 25.3 Å². The Morgan fingerprint density at radius 1 is 1.22 bits per heavy atom. The minimum Gasteiger partial charge on any atom is -0.493 e. The van der Waals surface area contributed by atoms with Crippen molar-refractivity contribution in [3.8, 4) is 11.5 Å². The molecule has 1 rings (SSSR count). The number of carbonyl (C=O) groups is 1. The highest BCUT2D eigenvalue weighted by molar-refractivity contribution is 6.67.